The van der Waals surface area contributed by atoms with Gasteiger partial charge in [-0.1, -0.05) is 59.8 Å². The lowest BCUT2D eigenvalue weighted by Gasteiger charge is -2.12. The number of carbonyl (C=O) groups excluding carboxylic acids is 1. The van der Waals surface area contributed by atoms with E-state index in [1.807, 2.05) is 61.5 Å². The quantitative estimate of drug-likeness (QED) is 0.309. The molecular formula is C25H23N3O2S2. The summed E-state index contributed by atoms with van der Waals surface area (Å²) in [7, 11) is 0. The number of benzene rings is 2. The topological polar surface area (TPSA) is 64.0 Å². The van der Waals surface area contributed by atoms with Crippen LogP contribution in [0.3, 0.4) is 0 Å². The van der Waals surface area contributed by atoms with Gasteiger partial charge >= 0.3 is 0 Å². The molecule has 4 aromatic rings. The van der Waals surface area contributed by atoms with Crippen molar-refractivity contribution in [1.82, 2.24) is 14.9 Å². The Bertz CT molecular complexity index is 1320. The van der Waals surface area contributed by atoms with Gasteiger partial charge in [-0.3, -0.25) is 14.2 Å². The van der Waals surface area contributed by atoms with Crippen molar-refractivity contribution in [3.63, 3.8) is 0 Å². The van der Waals surface area contributed by atoms with Crippen LogP contribution in [-0.4, -0.2) is 21.2 Å². The molecule has 0 radical (unpaired) electrons. The molecule has 32 heavy (non-hydrogen) atoms. The molecule has 1 amide bonds. The maximum absolute atomic E-state index is 13.6. The Hall–Kier alpha value is -2.90. The van der Waals surface area contributed by atoms with E-state index in [-0.39, 0.29) is 17.2 Å². The molecule has 1 N–H and O–H groups in total. The van der Waals surface area contributed by atoms with Gasteiger partial charge in [-0.25, -0.2) is 4.98 Å². The molecule has 5 rings (SSSR count). The summed E-state index contributed by atoms with van der Waals surface area (Å²) in [4.78, 5) is 31.6. The predicted molar refractivity (Wildman–Crippen MR) is 131 cm³/mol. The standard InChI is InChI=1S/C25H23N3O2S2/c1-16-7-9-17(10-8-16)13-26-21(29)15-32-25-27-23-22(20(14-31-23)18-11-12-18)24(30)28(25)19-5-3-2-4-6-19/h2-10,14,18H,11-13,15H2,1H3,(H,26,29). The second-order valence-electron chi connectivity index (χ2n) is 8.07. The highest BCUT2D eigenvalue weighted by molar-refractivity contribution is 7.99. The van der Waals surface area contributed by atoms with E-state index in [1.54, 1.807) is 4.57 Å². The van der Waals surface area contributed by atoms with E-state index in [9.17, 15) is 9.59 Å². The number of amides is 1. The van der Waals surface area contributed by atoms with E-state index in [4.69, 9.17) is 4.98 Å². The molecule has 0 bridgehead atoms. The van der Waals surface area contributed by atoms with E-state index >= 15 is 0 Å². The minimum absolute atomic E-state index is 0.0492. The van der Waals surface area contributed by atoms with Crippen LogP contribution in [-0.2, 0) is 11.3 Å². The third-order valence-electron chi connectivity index (χ3n) is 5.58. The minimum atomic E-state index is -0.0885. The van der Waals surface area contributed by atoms with Crippen LogP contribution in [0, 0.1) is 6.92 Å². The monoisotopic (exact) mass is 461 g/mol. The Kier molecular flexibility index (Phi) is 5.85. The Morgan fingerprint density at radius 3 is 2.62 bits per heavy atom. The Balaban J connectivity index is 1.40. The normalized spacial score (nSPS) is 13.4. The number of hydrogen-bond acceptors (Lipinski definition) is 5. The lowest BCUT2D eigenvalue weighted by Crippen LogP contribution is -2.26. The summed E-state index contributed by atoms with van der Waals surface area (Å²) in [5.41, 5.74) is 4.09. The van der Waals surface area contributed by atoms with Crippen LogP contribution in [0.25, 0.3) is 15.9 Å². The Morgan fingerprint density at radius 1 is 1.16 bits per heavy atom. The van der Waals surface area contributed by atoms with Gasteiger partial charge in [0.2, 0.25) is 5.91 Å². The molecule has 7 heteroatoms. The lowest BCUT2D eigenvalue weighted by atomic mass is 10.1. The number of aromatic nitrogens is 2. The van der Waals surface area contributed by atoms with Gasteiger partial charge in [0.05, 0.1) is 16.8 Å². The van der Waals surface area contributed by atoms with Gasteiger partial charge in [-0.15, -0.1) is 11.3 Å². The molecule has 1 fully saturated rings. The molecule has 2 aromatic carbocycles. The molecule has 162 valence electrons. The zero-order chi connectivity index (χ0) is 22.1. The number of para-hydroxylation sites is 1. The number of nitrogens with one attached hydrogen (secondary N) is 1. The van der Waals surface area contributed by atoms with Crippen LogP contribution >= 0.6 is 23.1 Å². The first kappa shape index (κ1) is 21.0. The van der Waals surface area contributed by atoms with Crippen LogP contribution in [0.2, 0.25) is 0 Å². The summed E-state index contributed by atoms with van der Waals surface area (Å²) in [6, 6.07) is 17.6. The van der Waals surface area contributed by atoms with Crippen molar-refractivity contribution in [2.24, 2.45) is 0 Å². The van der Waals surface area contributed by atoms with Gasteiger partial charge in [0.15, 0.2) is 5.16 Å². The van der Waals surface area contributed by atoms with E-state index < -0.39 is 0 Å². The first-order chi connectivity index (χ1) is 15.6. The smallest absolute Gasteiger partial charge is 0.267 e. The van der Waals surface area contributed by atoms with Gasteiger partial charge in [0.25, 0.3) is 5.56 Å². The minimum Gasteiger partial charge on any atom is -0.351 e. The Labute approximate surface area is 194 Å². The molecule has 2 heterocycles. The number of fused-ring (bicyclic) bond motifs is 1. The summed E-state index contributed by atoms with van der Waals surface area (Å²) < 4.78 is 1.65. The average molecular weight is 462 g/mol. The third-order valence-corrected chi connectivity index (χ3v) is 7.41. The first-order valence-corrected chi connectivity index (χ1v) is 12.5. The highest BCUT2D eigenvalue weighted by Gasteiger charge is 2.29. The van der Waals surface area contributed by atoms with E-state index in [0.29, 0.717) is 17.6 Å². The molecule has 1 aliphatic carbocycles. The van der Waals surface area contributed by atoms with Crippen LogP contribution < -0.4 is 10.9 Å². The molecule has 1 saturated carbocycles. The summed E-state index contributed by atoms with van der Waals surface area (Å²) >= 11 is 2.82. The van der Waals surface area contributed by atoms with Gasteiger partial charge in [-0.05, 0) is 54.3 Å². The van der Waals surface area contributed by atoms with Crippen LogP contribution in [0.15, 0.2) is 69.9 Å². The second-order valence-corrected chi connectivity index (χ2v) is 9.87. The first-order valence-electron chi connectivity index (χ1n) is 10.6. The number of carbonyl (C=O) groups is 1. The van der Waals surface area contributed by atoms with E-state index in [0.717, 1.165) is 39.9 Å². The van der Waals surface area contributed by atoms with Crippen molar-refractivity contribution >= 4 is 39.2 Å². The summed E-state index contributed by atoms with van der Waals surface area (Å²) in [6.45, 7) is 2.52. The van der Waals surface area contributed by atoms with E-state index in [2.05, 4.69) is 10.7 Å². The molecule has 0 aliphatic heterocycles. The number of hydrogen-bond donors (Lipinski definition) is 1. The van der Waals surface area contributed by atoms with Crippen molar-refractivity contribution in [3.05, 3.63) is 87.0 Å². The zero-order valence-electron chi connectivity index (χ0n) is 17.7. The van der Waals surface area contributed by atoms with Gasteiger partial charge in [0, 0.05) is 6.54 Å². The number of thioether (sulfide) groups is 1. The largest absolute Gasteiger partial charge is 0.351 e. The molecule has 1 aliphatic rings. The lowest BCUT2D eigenvalue weighted by molar-refractivity contribution is -0.118. The fraction of sp³-hybridized carbons (Fsp3) is 0.240. The third kappa shape index (κ3) is 4.36. The number of nitrogens with zero attached hydrogens (tertiary/aromatic N) is 2. The highest BCUT2D eigenvalue weighted by Crippen LogP contribution is 2.44. The molecule has 0 spiro atoms. The van der Waals surface area contributed by atoms with E-state index in [1.165, 1.54) is 28.7 Å². The van der Waals surface area contributed by atoms with Gasteiger partial charge < -0.3 is 5.32 Å². The SMILES string of the molecule is Cc1ccc(CNC(=O)CSc2nc3scc(C4CC4)c3c(=O)n2-c2ccccc2)cc1. The van der Waals surface area contributed by atoms with Crippen LogP contribution in [0.1, 0.15) is 35.4 Å². The number of thiophene rings is 1. The molecule has 2 aromatic heterocycles. The fourth-order valence-electron chi connectivity index (χ4n) is 3.68. The molecule has 0 unspecified atom stereocenters. The van der Waals surface area contributed by atoms with Gasteiger partial charge in [-0.2, -0.15) is 0 Å². The molecule has 0 atom stereocenters. The molecular weight excluding hydrogens is 438 g/mol. The zero-order valence-corrected chi connectivity index (χ0v) is 19.3. The van der Waals surface area contributed by atoms with Crippen LogP contribution in [0.5, 0.6) is 0 Å². The van der Waals surface area contributed by atoms with Gasteiger partial charge in [0.1, 0.15) is 4.83 Å². The maximum atomic E-state index is 13.6. The summed E-state index contributed by atoms with van der Waals surface area (Å²) in [5, 5.41) is 6.31. The highest BCUT2D eigenvalue weighted by atomic mass is 32.2. The molecule has 5 nitrogen and oxygen atoms in total. The second kappa shape index (κ2) is 8.92. The maximum Gasteiger partial charge on any atom is 0.267 e. The van der Waals surface area contributed by atoms with Crippen molar-refractivity contribution in [2.45, 2.75) is 37.4 Å². The Morgan fingerprint density at radius 2 is 1.91 bits per heavy atom. The summed E-state index contributed by atoms with van der Waals surface area (Å²) in [6.07, 6.45) is 2.27. The van der Waals surface area contributed by atoms with Crippen molar-refractivity contribution in [3.8, 4) is 5.69 Å². The number of rotatable bonds is 7. The average Bonchev–Trinajstić information content (AvgIpc) is 3.57. The van der Waals surface area contributed by atoms with Crippen molar-refractivity contribution < 1.29 is 4.79 Å². The number of aryl methyl sites for hydroxylation is 1. The fourth-order valence-corrected chi connectivity index (χ4v) is 5.58. The molecule has 0 saturated heterocycles. The van der Waals surface area contributed by atoms with Crippen LogP contribution in [0.4, 0.5) is 0 Å². The predicted octanol–water partition coefficient (Wildman–Crippen LogP) is 5.04. The van der Waals surface area contributed by atoms with Crippen molar-refractivity contribution in [1.29, 1.82) is 0 Å². The van der Waals surface area contributed by atoms with Crippen molar-refractivity contribution in [2.75, 3.05) is 5.75 Å². The summed E-state index contributed by atoms with van der Waals surface area (Å²) in [5.74, 6) is 0.584.